The van der Waals surface area contributed by atoms with Gasteiger partial charge in [-0.3, -0.25) is 0 Å². The molecule has 0 atom stereocenters. The first-order valence-corrected chi connectivity index (χ1v) is 6.67. The van der Waals surface area contributed by atoms with Gasteiger partial charge in [-0.25, -0.2) is 0 Å². The van der Waals surface area contributed by atoms with Crippen LogP contribution >= 0.6 is 0 Å². The second kappa shape index (κ2) is 6.79. The molecule has 0 spiro atoms. The number of hydrogen-bond donors (Lipinski definition) is 0. The van der Waals surface area contributed by atoms with Crippen molar-refractivity contribution in [1.29, 1.82) is 0 Å². The van der Waals surface area contributed by atoms with Gasteiger partial charge >= 0.3 is 0 Å². The van der Waals surface area contributed by atoms with E-state index >= 15 is 0 Å². The van der Waals surface area contributed by atoms with Crippen LogP contribution in [0.1, 0.15) is 44.2 Å². The van der Waals surface area contributed by atoms with Crippen LogP contribution in [0.5, 0.6) is 5.75 Å². The Morgan fingerprint density at radius 2 is 1.83 bits per heavy atom. The van der Waals surface area contributed by atoms with Gasteiger partial charge in [0.15, 0.2) is 0 Å². The highest BCUT2D eigenvalue weighted by molar-refractivity contribution is 5.36. The molecule has 0 N–H and O–H groups in total. The Labute approximate surface area is 111 Å². The molecule has 0 aliphatic carbocycles. The molecular weight excluding hydrogens is 224 g/mol. The Morgan fingerprint density at radius 1 is 1.11 bits per heavy atom. The first-order valence-electron chi connectivity index (χ1n) is 6.67. The van der Waals surface area contributed by atoms with Gasteiger partial charge in [-0.15, -0.1) is 0 Å². The predicted octanol–water partition coefficient (Wildman–Crippen LogP) is 4.14. The summed E-state index contributed by atoms with van der Waals surface area (Å²) in [6, 6.07) is 6.38. The first-order chi connectivity index (χ1) is 8.48. The zero-order chi connectivity index (χ0) is 13.6. The highest BCUT2D eigenvalue weighted by Crippen LogP contribution is 2.23. The lowest BCUT2D eigenvalue weighted by molar-refractivity contribution is 0.0135. The van der Waals surface area contributed by atoms with E-state index in [-0.39, 0.29) is 5.60 Å². The van der Waals surface area contributed by atoms with Crippen LogP contribution in [0, 0.1) is 6.92 Å². The Bertz CT molecular complexity index is 369. The molecule has 1 aromatic carbocycles. The molecule has 102 valence electrons. The van der Waals surface area contributed by atoms with Crippen molar-refractivity contribution >= 4 is 0 Å². The van der Waals surface area contributed by atoms with Gasteiger partial charge in [0, 0.05) is 7.11 Å². The van der Waals surface area contributed by atoms with Crippen molar-refractivity contribution in [2.75, 3.05) is 14.2 Å². The van der Waals surface area contributed by atoms with Crippen LogP contribution in [0.3, 0.4) is 0 Å². The van der Waals surface area contributed by atoms with E-state index in [9.17, 15) is 0 Å². The third-order valence-electron chi connectivity index (χ3n) is 3.46. The van der Waals surface area contributed by atoms with E-state index < -0.39 is 0 Å². The Balaban J connectivity index is 2.46. The second-order valence-electron chi connectivity index (χ2n) is 5.49. The average Bonchev–Trinajstić information content (AvgIpc) is 2.35. The van der Waals surface area contributed by atoms with E-state index in [1.54, 1.807) is 14.2 Å². The molecule has 2 heteroatoms. The molecule has 0 radical (unpaired) electrons. The topological polar surface area (TPSA) is 18.5 Å². The van der Waals surface area contributed by atoms with Gasteiger partial charge in [-0.05, 0) is 51.7 Å². The number of unbranched alkanes of at least 4 members (excludes halogenated alkanes) is 1. The number of ether oxygens (including phenoxy) is 2. The summed E-state index contributed by atoms with van der Waals surface area (Å²) < 4.78 is 10.8. The van der Waals surface area contributed by atoms with E-state index in [1.807, 2.05) is 0 Å². The molecule has 1 rings (SSSR count). The smallest absolute Gasteiger partial charge is 0.122 e. The van der Waals surface area contributed by atoms with E-state index in [4.69, 9.17) is 9.47 Å². The molecule has 0 aromatic heterocycles. The summed E-state index contributed by atoms with van der Waals surface area (Å²) in [5, 5.41) is 0. The van der Waals surface area contributed by atoms with Gasteiger partial charge in [0.1, 0.15) is 5.75 Å². The minimum atomic E-state index is -0.00328. The largest absolute Gasteiger partial charge is 0.496 e. The van der Waals surface area contributed by atoms with Crippen LogP contribution in [0.25, 0.3) is 0 Å². The summed E-state index contributed by atoms with van der Waals surface area (Å²) in [6.07, 6.45) is 4.52. The van der Waals surface area contributed by atoms with Crippen LogP contribution < -0.4 is 4.74 Å². The zero-order valence-electron chi connectivity index (χ0n) is 12.4. The fourth-order valence-corrected chi connectivity index (χ4v) is 2.07. The summed E-state index contributed by atoms with van der Waals surface area (Å²) in [5.74, 6) is 1.01. The number of methoxy groups -OCH3 is 2. The molecule has 0 aliphatic heterocycles. The number of benzene rings is 1. The minimum Gasteiger partial charge on any atom is -0.496 e. The van der Waals surface area contributed by atoms with Crippen molar-refractivity contribution < 1.29 is 9.47 Å². The maximum atomic E-state index is 5.43. The quantitative estimate of drug-likeness (QED) is 0.677. The lowest BCUT2D eigenvalue weighted by Crippen LogP contribution is -2.21. The minimum absolute atomic E-state index is 0.00328. The van der Waals surface area contributed by atoms with Crippen LogP contribution in [0.4, 0.5) is 0 Å². The molecule has 0 saturated heterocycles. The third-order valence-corrected chi connectivity index (χ3v) is 3.46. The summed E-state index contributed by atoms with van der Waals surface area (Å²) in [4.78, 5) is 0. The normalized spacial score (nSPS) is 11.6. The van der Waals surface area contributed by atoms with Crippen molar-refractivity contribution in [1.82, 2.24) is 0 Å². The van der Waals surface area contributed by atoms with Gasteiger partial charge in [-0.1, -0.05) is 24.1 Å². The molecule has 0 fully saturated rings. The molecule has 0 heterocycles. The van der Waals surface area contributed by atoms with Crippen LogP contribution in [-0.4, -0.2) is 19.8 Å². The summed E-state index contributed by atoms with van der Waals surface area (Å²) in [7, 11) is 3.52. The second-order valence-corrected chi connectivity index (χ2v) is 5.49. The Kier molecular flexibility index (Phi) is 5.67. The standard InChI is InChI=1S/C16H26O2/c1-13-9-10-15(17-4)14(12-13)8-6-7-11-16(2,3)18-5/h9-10,12H,6-8,11H2,1-5H3. The van der Waals surface area contributed by atoms with Gasteiger partial charge < -0.3 is 9.47 Å². The van der Waals surface area contributed by atoms with Crippen molar-refractivity contribution in [2.24, 2.45) is 0 Å². The molecule has 1 aromatic rings. The summed E-state index contributed by atoms with van der Waals surface area (Å²) in [6.45, 7) is 6.40. The third kappa shape index (κ3) is 4.69. The van der Waals surface area contributed by atoms with E-state index in [0.29, 0.717) is 0 Å². The number of aryl methyl sites for hydroxylation is 2. The highest BCUT2D eigenvalue weighted by atomic mass is 16.5. The highest BCUT2D eigenvalue weighted by Gasteiger charge is 2.15. The fourth-order valence-electron chi connectivity index (χ4n) is 2.07. The lowest BCUT2D eigenvalue weighted by Gasteiger charge is -2.22. The van der Waals surface area contributed by atoms with Crippen molar-refractivity contribution in [3.8, 4) is 5.75 Å². The van der Waals surface area contributed by atoms with Crippen LogP contribution in [0.15, 0.2) is 18.2 Å². The zero-order valence-corrected chi connectivity index (χ0v) is 12.4. The predicted molar refractivity (Wildman–Crippen MR) is 76.4 cm³/mol. The number of hydrogen-bond acceptors (Lipinski definition) is 2. The Morgan fingerprint density at radius 3 is 2.44 bits per heavy atom. The average molecular weight is 250 g/mol. The SMILES string of the molecule is COc1ccc(C)cc1CCCCC(C)(C)OC. The van der Waals surface area contributed by atoms with Crippen molar-refractivity contribution in [3.05, 3.63) is 29.3 Å². The van der Waals surface area contributed by atoms with Crippen LogP contribution in [-0.2, 0) is 11.2 Å². The van der Waals surface area contributed by atoms with Crippen molar-refractivity contribution in [2.45, 2.75) is 52.1 Å². The van der Waals surface area contributed by atoms with Gasteiger partial charge in [-0.2, -0.15) is 0 Å². The molecular formula is C16H26O2. The van der Waals surface area contributed by atoms with E-state index in [1.165, 1.54) is 24.0 Å². The van der Waals surface area contributed by atoms with Crippen LogP contribution in [0.2, 0.25) is 0 Å². The summed E-state index contributed by atoms with van der Waals surface area (Å²) in [5.41, 5.74) is 2.60. The maximum absolute atomic E-state index is 5.43. The van der Waals surface area contributed by atoms with E-state index in [2.05, 4.69) is 39.0 Å². The van der Waals surface area contributed by atoms with Crippen molar-refractivity contribution in [3.63, 3.8) is 0 Å². The molecule has 18 heavy (non-hydrogen) atoms. The molecule has 0 amide bonds. The van der Waals surface area contributed by atoms with Gasteiger partial charge in [0.25, 0.3) is 0 Å². The molecule has 2 nitrogen and oxygen atoms in total. The monoisotopic (exact) mass is 250 g/mol. The number of rotatable bonds is 7. The van der Waals surface area contributed by atoms with E-state index in [0.717, 1.165) is 18.6 Å². The molecule has 0 unspecified atom stereocenters. The van der Waals surface area contributed by atoms with Gasteiger partial charge in [0.2, 0.25) is 0 Å². The lowest BCUT2D eigenvalue weighted by atomic mass is 9.98. The Hall–Kier alpha value is -1.02. The molecule has 0 aliphatic rings. The summed E-state index contributed by atoms with van der Waals surface area (Å²) >= 11 is 0. The molecule has 0 bridgehead atoms. The van der Waals surface area contributed by atoms with Gasteiger partial charge in [0.05, 0.1) is 12.7 Å². The molecule has 0 saturated carbocycles. The first kappa shape index (κ1) is 15.0. The fraction of sp³-hybridized carbons (Fsp3) is 0.625. The maximum Gasteiger partial charge on any atom is 0.122 e.